The van der Waals surface area contributed by atoms with E-state index in [0.29, 0.717) is 42.3 Å². The highest BCUT2D eigenvalue weighted by molar-refractivity contribution is 6.31. The Bertz CT molecular complexity index is 755. The van der Waals surface area contributed by atoms with Crippen LogP contribution in [0, 0.1) is 0 Å². The molecule has 1 aromatic carbocycles. The molecule has 1 fully saturated rings. The lowest BCUT2D eigenvalue weighted by Gasteiger charge is -2.32. The molecule has 1 aromatic rings. The lowest BCUT2D eigenvalue weighted by Crippen LogP contribution is -2.49. The molecule has 0 radical (unpaired) electrons. The first kappa shape index (κ1) is 22.8. The molecule has 3 amide bonds. The van der Waals surface area contributed by atoms with Crippen molar-refractivity contribution in [1.82, 2.24) is 15.5 Å². The Morgan fingerprint density at radius 1 is 1.21 bits per heavy atom. The molecule has 9 heteroatoms. The van der Waals surface area contributed by atoms with Crippen LogP contribution in [0.1, 0.15) is 44.0 Å². The van der Waals surface area contributed by atoms with Crippen LogP contribution in [0.15, 0.2) is 18.2 Å². The second-order valence-electron chi connectivity index (χ2n) is 7.83. The smallest absolute Gasteiger partial charge is 0.408 e. The van der Waals surface area contributed by atoms with Crippen molar-refractivity contribution in [3.8, 4) is 5.75 Å². The van der Waals surface area contributed by atoms with E-state index in [4.69, 9.17) is 21.1 Å². The second-order valence-corrected chi connectivity index (χ2v) is 8.27. The van der Waals surface area contributed by atoms with E-state index in [-0.39, 0.29) is 24.4 Å². The fourth-order valence-electron chi connectivity index (χ4n) is 2.99. The van der Waals surface area contributed by atoms with Crippen LogP contribution in [-0.2, 0) is 9.53 Å². The monoisotopic (exact) mass is 425 g/mol. The molecular formula is C20H28ClN3O5. The summed E-state index contributed by atoms with van der Waals surface area (Å²) in [6.45, 7) is 6.09. The molecular weight excluding hydrogens is 398 g/mol. The van der Waals surface area contributed by atoms with Gasteiger partial charge in [-0.1, -0.05) is 11.6 Å². The quantitative estimate of drug-likeness (QED) is 0.755. The summed E-state index contributed by atoms with van der Waals surface area (Å²) in [5.74, 6) is 0.0286. The van der Waals surface area contributed by atoms with Crippen LogP contribution >= 0.6 is 11.6 Å². The first-order valence-electron chi connectivity index (χ1n) is 9.48. The molecule has 1 aliphatic heterocycles. The summed E-state index contributed by atoms with van der Waals surface area (Å²) in [4.78, 5) is 38.2. The van der Waals surface area contributed by atoms with E-state index in [1.54, 1.807) is 43.9 Å². The SMILES string of the molecule is COc1ccc(Cl)cc1C(=O)N1CCC(NC(=O)CNC(=O)OC(C)(C)C)CC1. The minimum Gasteiger partial charge on any atom is -0.496 e. The predicted octanol–water partition coefficient (Wildman–Crippen LogP) is 2.59. The van der Waals surface area contributed by atoms with E-state index in [2.05, 4.69) is 10.6 Å². The van der Waals surface area contributed by atoms with Gasteiger partial charge in [0.15, 0.2) is 0 Å². The van der Waals surface area contributed by atoms with Crippen molar-refractivity contribution in [1.29, 1.82) is 0 Å². The van der Waals surface area contributed by atoms with Gasteiger partial charge in [-0.15, -0.1) is 0 Å². The fourth-order valence-corrected chi connectivity index (χ4v) is 3.16. The maximum atomic E-state index is 12.8. The Balaban J connectivity index is 1.80. The van der Waals surface area contributed by atoms with Crippen LogP contribution in [0.3, 0.4) is 0 Å². The third-order valence-electron chi connectivity index (χ3n) is 4.33. The zero-order valence-corrected chi connectivity index (χ0v) is 18.0. The molecule has 0 spiro atoms. The number of carbonyl (C=O) groups is 3. The van der Waals surface area contributed by atoms with Gasteiger partial charge in [-0.2, -0.15) is 0 Å². The molecule has 0 aliphatic carbocycles. The molecule has 1 heterocycles. The van der Waals surface area contributed by atoms with Crippen molar-refractivity contribution in [2.75, 3.05) is 26.7 Å². The molecule has 1 saturated heterocycles. The Labute approximate surface area is 175 Å². The normalized spacial score (nSPS) is 14.9. The average Bonchev–Trinajstić information content (AvgIpc) is 2.65. The first-order valence-corrected chi connectivity index (χ1v) is 9.86. The molecule has 160 valence electrons. The largest absolute Gasteiger partial charge is 0.496 e. The lowest BCUT2D eigenvalue weighted by atomic mass is 10.0. The van der Waals surface area contributed by atoms with Crippen LogP contribution in [0.4, 0.5) is 4.79 Å². The zero-order chi connectivity index (χ0) is 21.6. The Morgan fingerprint density at radius 3 is 2.45 bits per heavy atom. The second kappa shape index (κ2) is 9.82. The summed E-state index contributed by atoms with van der Waals surface area (Å²) in [7, 11) is 1.51. The summed E-state index contributed by atoms with van der Waals surface area (Å²) in [6, 6.07) is 4.87. The van der Waals surface area contributed by atoms with Gasteiger partial charge >= 0.3 is 6.09 Å². The van der Waals surface area contributed by atoms with Gasteiger partial charge in [0, 0.05) is 24.2 Å². The molecule has 0 saturated carbocycles. The number of nitrogens with one attached hydrogen (secondary N) is 2. The summed E-state index contributed by atoms with van der Waals surface area (Å²) in [5.41, 5.74) is -0.199. The van der Waals surface area contributed by atoms with E-state index in [1.807, 2.05) is 0 Å². The molecule has 29 heavy (non-hydrogen) atoms. The molecule has 0 aromatic heterocycles. The number of hydrogen-bond donors (Lipinski definition) is 2. The molecule has 0 atom stereocenters. The third kappa shape index (κ3) is 7.12. The van der Waals surface area contributed by atoms with Gasteiger partial charge in [0.05, 0.1) is 12.7 Å². The van der Waals surface area contributed by atoms with Gasteiger partial charge in [0.1, 0.15) is 17.9 Å². The number of rotatable bonds is 5. The number of hydrogen-bond acceptors (Lipinski definition) is 5. The van der Waals surface area contributed by atoms with Gasteiger partial charge in [0.25, 0.3) is 5.91 Å². The number of amides is 3. The molecule has 2 N–H and O–H groups in total. The highest BCUT2D eigenvalue weighted by atomic mass is 35.5. The van der Waals surface area contributed by atoms with E-state index in [1.165, 1.54) is 7.11 Å². The van der Waals surface area contributed by atoms with Gasteiger partial charge in [0.2, 0.25) is 5.91 Å². The number of halogens is 1. The highest BCUT2D eigenvalue weighted by Crippen LogP contribution is 2.25. The van der Waals surface area contributed by atoms with Gasteiger partial charge in [-0.3, -0.25) is 9.59 Å². The maximum absolute atomic E-state index is 12.8. The fraction of sp³-hybridized carbons (Fsp3) is 0.550. The Hall–Kier alpha value is -2.48. The van der Waals surface area contributed by atoms with Crippen molar-refractivity contribution in [2.45, 2.75) is 45.3 Å². The standard InChI is InChI=1S/C20H28ClN3O5/c1-20(2,3)29-19(27)22-12-17(25)23-14-7-9-24(10-8-14)18(26)15-11-13(21)5-6-16(15)28-4/h5-6,11,14H,7-10,12H2,1-4H3,(H,22,27)(H,23,25). The van der Waals surface area contributed by atoms with E-state index >= 15 is 0 Å². The third-order valence-corrected chi connectivity index (χ3v) is 4.57. The molecule has 0 bridgehead atoms. The lowest BCUT2D eigenvalue weighted by molar-refractivity contribution is -0.121. The minimum atomic E-state index is -0.636. The number of benzene rings is 1. The highest BCUT2D eigenvalue weighted by Gasteiger charge is 2.26. The van der Waals surface area contributed by atoms with Crippen molar-refractivity contribution in [3.05, 3.63) is 28.8 Å². The average molecular weight is 426 g/mol. The molecule has 8 nitrogen and oxygen atoms in total. The van der Waals surface area contributed by atoms with E-state index in [9.17, 15) is 14.4 Å². The van der Waals surface area contributed by atoms with Crippen molar-refractivity contribution in [3.63, 3.8) is 0 Å². The number of piperidine rings is 1. The molecule has 2 rings (SSSR count). The molecule has 1 aliphatic rings. The van der Waals surface area contributed by atoms with E-state index < -0.39 is 11.7 Å². The number of ether oxygens (including phenoxy) is 2. The number of likely N-dealkylation sites (tertiary alicyclic amines) is 1. The van der Waals surface area contributed by atoms with Crippen LogP contribution in [0.2, 0.25) is 5.02 Å². The first-order chi connectivity index (χ1) is 13.6. The number of nitrogens with zero attached hydrogens (tertiary/aromatic N) is 1. The van der Waals surface area contributed by atoms with Crippen LogP contribution < -0.4 is 15.4 Å². The summed E-state index contributed by atoms with van der Waals surface area (Å²) >= 11 is 6.01. The summed E-state index contributed by atoms with van der Waals surface area (Å²) < 4.78 is 10.3. The number of carbonyl (C=O) groups excluding carboxylic acids is 3. The van der Waals surface area contributed by atoms with Crippen LogP contribution in [0.25, 0.3) is 0 Å². The van der Waals surface area contributed by atoms with Crippen LogP contribution in [-0.4, -0.2) is 61.2 Å². The summed E-state index contributed by atoms with van der Waals surface area (Å²) in [5, 5.41) is 5.77. The number of alkyl carbamates (subject to hydrolysis) is 1. The predicted molar refractivity (Wildman–Crippen MR) is 109 cm³/mol. The van der Waals surface area contributed by atoms with Crippen LogP contribution in [0.5, 0.6) is 5.75 Å². The van der Waals surface area contributed by atoms with E-state index in [0.717, 1.165) is 0 Å². The number of methoxy groups -OCH3 is 1. The summed E-state index contributed by atoms with van der Waals surface area (Å²) in [6.07, 6.45) is 0.600. The van der Waals surface area contributed by atoms with Gasteiger partial charge in [-0.25, -0.2) is 4.79 Å². The maximum Gasteiger partial charge on any atom is 0.408 e. The molecule has 0 unspecified atom stereocenters. The van der Waals surface area contributed by atoms with Crippen molar-refractivity contribution < 1.29 is 23.9 Å². The van der Waals surface area contributed by atoms with Crippen molar-refractivity contribution >= 4 is 29.5 Å². The minimum absolute atomic E-state index is 0.0618. The Kier molecular flexibility index (Phi) is 7.73. The topological polar surface area (TPSA) is 97.0 Å². The van der Waals surface area contributed by atoms with Gasteiger partial charge in [-0.05, 0) is 51.8 Å². The van der Waals surface area contributed by atoms with Gasteiger partial charge < -0.3 is 25.0 Å². The van der Waals surface area contributed by atoms with Crippen molar-refractivity contribution in [2.24, 2.45) is 0 Å². The Morgan fingerprint density at radius 2 is 1.86 bits per heavy atom. The zero-order valence-electron chi connectivity index (χ0n) is 17.2.